The highest BCUT2D eigenvalue weighted by molar-refractivity contribution is 8.76. The smallest absolute Gasteiger partial charge is 0.329 e. The molecule has 41 heavy (non-hydrogen) atoms. The minimum Gasteiger partial charge on any atom is -0.481 e. The summed E-state index contributed by atoms with van der Waals surface area (Å²) in [6.07, 6.45) is 20.4. The Kier molecular flexibility index (Phi) is 17.2. The largest absolute Gasteiger partial charge is 0.481 e. The lowest BCUT2D eigenvalue weighted by atomic mass is 10.0. The number of aliphatic imine (C=N–C) groups is 1. The Labute approximate surface area is 261 Å². The summed E-state index contributed by atoms with van der Waals surface area (Å²) < 4.78 is 1.16. The minimum absolute atomic E-state index is 0.325. The number of thiazole rings is 1. The zero-order valence-corrected chi connectivity index (χ0v) is 27.5. The molecule has 0 saturated heterocycles. The Morgan fingerprint density at radius 1 is 0.805 bits per heavy atom. The molecule has 3 rings (SSSR count). The molecule has 0 unspecified atom stereocenters. The van der Waals surface area contributed by atoms with Crippen molar-refractivity contribution in [2.75, 3.05) is 17.3 Å². The summed E-state index contributed by atoms with van der Waals surface area (Å²) in [6, 6.07) is 5.85. The van der Waals surface area contributed by atoms with Gasteiger partial charge in [-0.3, -0.25) is 9.79 Å². The number of fused-ring (bicyclic) bond motifs is 1. The standard InChI is InChI=1S/C31H46N2O4S4/c34-28(35)17-12-10-8-6-4-2-1-3-5-7-9-11-14-20-39-40-21-15-13-16-24-18-19-25-27(22-24)41-30(32-25)29-33-26(23-38-29)31(36)37/h18-19,22,26H,1-17,20-21,23H2,(H,34,35)(H,36,37)/t26-/m1/s1. The normalized spacial score (nSPS) is 15.0. The molecule has 2 heterocycles. The van der Waals surface area contributed by atoms with Crippen LogP contribution in [0.15, 0.2) is 23.2 Å². The second-order valence-corrected chi connectivity index (χ2v) is 15.5. The van der Waals surface area contributed by atoms with Gasteiger partial charge < -0.3 is 10.2 Å². The number of carboxylic acids is 2. The number of thioether (sulfide) groups is 1. The Bertz CT molecular complexity index is 1090. The van der Waals surface area contributed by atoms with Crippen LogP contribution in [0, 0.1) is 0 Å². The Hall–Kier alpha value is -1.23. The molecule has 0 aliphatic carbocycles. The minimum atomic E-state index is -0.863. The molecule has 1 aliphatic heterocycles. The van der Waals surface area contributed by atoms with Gasteiger partial charge in [0.1, 0.15) is 10.1 Å². The predicted octanol–water partition coefficient (Wildman–Crippen LogP) is 9.49. The van der Waals surface area contributed by atoms with Crippen LogP contribution in [0.25, 0.3) is 10.2 Å². The maximum absolute atomic E-state index is 11.2. The number of unbranched alkanes of at least 4 members (excludes halogenated alkanes) is 13. The topological polar surface area (TPSA) is 99.9 Å². The number of hydrogen-bond donors (Lipinski definition) is 2. The highest BCUT2D eigenvalue weighted by Gasteiger charge is 2.26. The second kappa shape index (κ2) is 20.6. The molecule has 1 aromatic heterocycles. The van der Waals surface area contributed by atoms with Crippen LogP contribution in [0.2, 0.25) is 0 Å². The fourth-order valence-electron chi connectivity index (χ4n) is 4.82. The third-order valence-corrected chi connectivity index (χ3v) is 12.0. The van der Waals surface area contributed by atoms with Crippen LogP contribution in [0.5, 0.6) is 0 Å². The molecule has 6 nitrogen and oxygen atoms in total. The first-order chi connectivity index (χ1) is 20.0. The van der Waals surface area contributed by atoms with E-state index in [4.69, 9.17) is 10.2 Å². The van der Waals surface area contributed by atoms with E-state index in [-0.39, 0.29) is 0 Å². The Balaban J connectivity index is 1.10. The summed E-state index contributed by atoms with van der Waals surface area (Å²) in [5, 5.41) is 19.4. The van der Waals surface area contributed by atoms with E-state index in [1.807, 2.05) is 21.6 Å². The molecule has 2 N–H and O–H groups in total. The quantitative estimate of drug-likeness (QED) is 0.0866. The van der Waals surface area contributed by atoms with Gasteiger partial charge in [-0.25, -0.2) is 9.78 Å². The maximum Gasteiger partial charge on any atom is 0.329 e. The first-order valence-corrected chi connectivity index (χ1v) is 19.6. The lowest BCUT2D eigenvalue weighted by Gasteiger charge is -2.04. The summed E-state index contributed by atoms with van der Waals surface area (Å²) >= 11 is 3.10. The van der Waals surface area contributed by atoms with Crippen molar-refractivity contribution in [1.29, 1.82) is 0 Å². The van der Waals surface area contributed by atoms with Gasteiger partial charge in [0, 0.05) is 23.7 Å². The van der Waals surface area contributed by atoms with Gasteiger partial charge in [-0.05, 0) is 49.8 Å². The Morgan fingerprint density at radius 2 is 1.39 bits per heavy atom. The van der Waals surface area contributed by atoms with Crippen molar-refractivity contribution in [3.8, 4) is 0 Å². The summed E-state index contributed by atoms with van der Waals surface area (Å²) in [4.78, 5) is 30.7. The molecule has 2 aromatic rings. The van der Waals surface area contributed by atoms with Crippen LogP contribution in [-0.2, 0) is 16.0 Å². The van der Waals surface area contributed by atoms with Gasteiger partial charge in [-0.1, -0.05) is 98.3 Å². The number of nitrogens with zero attached hydrogens (tertiary/aromatic N) is 2. The number of hydrogen-bond acceptors (Lipinski definition) is 8. The van der Waals surface area contributed by atoms with Crippen molar-refractivity contribution >= 4 is 71.9 Å². The zero-order valence-electron chi connectivity index (χ0n) is 24.2. The van der Waals surface area contributed by atoms with Crippen molar-refractivity contribution in [1.82, 2.24) is 4.98 Å². The molecule has 0 amide bonds. The summed E-state index contributed by atoms with van der Waals surface area (Å²) in [7, 11) is 4.06. The first kappa shape index (κ1) is 34.3. The van der Waals surface area contributed by atoms with Crippen LogP contribution in [0.1, 0.15) is 113 Å². The SMILES string of the molecule is O=C(O)CCCCCCCCCCCCCCCSSCCCCc1ccc2nc(C3=N[C@@H](C(=O)O)CS3)sc2c1. The molecule has 228 valence electrons. The van der Waals surface area contributed by atoms with Crippen molar-refractivity contribution in [3.63, 3.8) is 0 Å². The van der Waals surface area contributed by atoms with Gasteiger partial charge in [0.2, 0.25) is 0 Å². The number of aromatic nitrogens is 1. The van der Waals surface area contributed by atoms with Crippen LogP contribution in [0.3, 0.4) is 0 Å². The van der Waals surface area contributed by atoms with Crippen molar-refractivity contribution in [2.45, 2.75) is 115 Å². The number of rotatable bonds is 24. The molecule has 0 spiro atoms. The predicted molar refractivity (Wildman–Crippen MR) is 180 cm³/mol. The van der Waals surface area contributed by atoms with Crippen LogP contribution in [-0.4, -0.2) is 55.5 Å². The average molecular weight is 639 g/mol. The highest BCUT2D eigenvalue weighted by Crippen LogP contribution is 2.31. The molecule has 0 radical (unpaired) electrons. The van der Waals surface area contributed by atoms with Gasteiger partial charge in [0.05, 0.1) is 10.2 Å². The van der Waals surface area contributed by atoms with E-state index < -0.39 is 18.0 Å². The average Bonchev–Trinajstić information content (AvgIpc) is 3.61. The molecular weight excluding hydrogens is 593 g/mol. The fourth-order valence-corrected chi connectivity index (χ4v) is 9.24. The van der Waals surface area contributed by atoms with Crippen molar-refractivity contribution < 1.29 is 19.8 Å². The zero-order chi connectivity index (χ0) is 29.1. The molecule has 0 bridgehead atoms. The molecule has 10 heteroatoms. The van der Waals surface area contributed by atoms with Gasteiger partial charge in [0.15, 0.2) is 6.04 Å². The number of aliphatic carboxylic acids is 2. The number of carboxylic acid groups (broad SMARTS) is 2. The lowest BCUT2D eigenvalue weighted by Crippen LogP contribution is -2.17. The van der Waals surface area contributed by atoms with E-state index in [0.29, 0.717) is 12.2 Å². The van der Waals surface area contributed by atoms with Gasteiger partial charge in [-0.2, -0.15) is 0 Å². The molecule has 1 aromatic carbocycles. The first-order valence-electron chi connectivity index (χ1n) is 15.3. The fraction of sp³-hybridized carbons (Fsp3) is 0.677. The van der Waals surface area contributed by atoms with Crippen molar-refractivity contribution in [2.24, 2.45) is 4.99 Å². The third-order valence-electron chi connectivity index (χ3n) is 7.22. The second-order valence-electron chi connectivity index (χ2n) is 10.8. The molecular formula is C31H46N2O4S4. The molecule has 1 aliphatic rings. The van der Waals surface area contributed by atoms with Gasteiger partial charge in [-0.15, -0.1) is 23.1 Å². The summed E-state index contributed by atoms with van der Waals surface area (Å²) in [6.45, 7) is 0. The lowest BCUT2D eigenvalue weighted by molar-refractivity contribution is -0.138. The third kappa shape index (κ3) is 14.2. The summed E-state index contributed by atoms with van der Waals surface area (Å²) in [5.74, 6) is 1.43. The van der Waals surface area contributed by atoms with Gasteiger partial charge >= 0.3 is 11.9 Å². The van der Waals surface area contributed by atoms with E-state index in [9.17, 15) is 9.59 Å². The number of aryl methyl sites for hydroxylation is 1. The van der Waals surface area contributed by atoms with E-state index in [2.05, 4.69) is 28.2 Å². The van der Waals surface area contributed by atoms with Gasteiger partial charge in [0.25, 0.3) is 0 Å². The molecule has 0 fully saturated rings. The van der Waals surface area contributed by atoms with E-state index in [1.54, 1.807) is 11.3 Å². The maximum atomic E-state index is 11.2. The molecule has 0 saturated carbocycles. The monoisotopic (exact) mass is 638 g/mol. The number of benzene rings is 1. The van der Waals surface area contributed by atoms with E-state index in [1.165, 1.54) is 112 Å². The number of carbonyl (C=O) groups is 2. The van der Waals surface area contributed by atoms with Crippen LogP contribution < -0.4 is 0 Å². The van der Waals surface area contributed by atoms with Crippen LogP contribution in [0.4, 0.5) is 0 Å². The highest BCUT2D eigenvalue weighted by atomic mass is 33.1. The van der Waals surface area contributed by atoms with Crippen molar-refractivity contribution in [3.05, 3.63) is 28.8 Å². The van der Waals surface area contributed by atoms with Crippen LogP contribution >= 0.6 is 44.7 Å². The Morgan fingerprint density at radius 3 is 1.98 bits per heavy atom. The molecule has 1 atom stereocenters. The summed E-state index contributed by atoms with van der Waals surface area (Å²) in [5.41, 5.74) is 2.32. The van der Waals surface area contributed by atoms with E-state index in [0.717, 1.165) is 39.5 Å². The van der Waals surface area contributed by atoms with E-state index >= 15 is 0 Å².